The summed E-state index contributed by atoms with van der Waals surface area (Å²) in [6, 6.07) is 4.97. The third-order valence-electron chi connectivity index (χ3n) is 12.9. The molecule has 0 N–H and O–H groups in total. The summed E-state index contributed by atoms with van der Waals surface area (Å²) in [7, 11) is 0. The molecule has 1 aromatic carbocycles. The van der Waals surface area contributed by atoms with E-state index in [1.54, 1.807) is 44.8 Å². The van der Waals surface area contributed by atoms with E-state index in [-0.39, 0.29) is 27.1 Å². The number of benzene rings is 1. The van der Waals surface area contributed by atoms with E-state index in [1.807, 2.05) is 0 Å². The van der Waals surface area contributed by atoms with Crippen molar-refractivity contribution in [1.29, 1.82) is 0 Å². The van der Waals surface area contributed by atoms with Crippen LogP contribution in [0, 0.1) is 29.1 Å². The molecule has 1 nitrogen and oxygen atoms in total. The number of aryl methyl sites for hydroxylation is 1. The summed E-state index contributed by atoms with van der Waals surface area (Å²) in [6.07, 6.45) is 10.8. The summed E-state index contributed by atoms with van der Waals surface area (Å²) in [5.41, 5.74) is 16.7. The average Bonchev–Trinajstić information content (AvgIpc) is 2.94. The maximum absolute atomic E-state index is 2.95. The van der Waals surface area contributed by atoms with E-state index in [4.69, 9.17) is 0 Å². The highest BCUT2D eigenvalue weighted by Crippen LogP contribution is 2.59. The summed E-state index contributed by atoms with van der Waals surface area (Å²) in [4.78, 5) is 2.95. The fourth-order valence-corrected chi connectivity index (χ4v) is 9.06. The van der Waals surface area contributed by atoms with E-state index in [2.05, 4.69) is 128 Å². The molecule has 0 saturated heterocycles. The molecular formula is C43H69N. The van der Waals surface area contributed by atoms with Crippen LogP contribution in [0.25, 0.3) is 0 Å². The molecule has 0 spiro atoms. The van der Waals surface area contributed by atoms with Crippen molar-refractivity contribution in [3.8, 4) is 0 Å². The maximum Gasteiger partial charge on any atom is 0.0528 e. The summed E-state index contributed by atoms with van der Waals surface area (Å²) in [5.74, 6) is 0.455. The van der Waals surface area contributed by atoms with Crippen molar-refractivity contribution >= 4 is 5.69 Å². The van der Waals surface area contributed by atoms with Crippen LogP contribution in [0.4, 0.5) is 5.69 Å². The molecular weight excluding hydrogens is 530 g/mol. The highest BCUT2D eigenvalue weighted by Gasteiger charge is 2.47. The molecule has 246 valence electrons. The van der Waals surface area contributed by atoms with Crippen LogP contribution >= 0.6 is 0 Å². The lowest BCUT2D eigenvalue weighted by atomic mass is 9.58. The van der Waals surface area contributed by atoms with Crippen molar-refractivity contribution < 1.29 is 0 Å². The van der Waals surface area contributed by atoms with Crippen molar-refractivity contribution in [2.75, 3.05) is 4.90 Å². The second kappa shape index (κ2) is 11.8. The van der Waals surface area contributed by atoms with Crippen LogP contribution in [0.2, 0.25) is 0 Å². The van der Waals surface area contributed by atoms with Gasteiger partial charge in [-0.15, -0.1) is 0 Å². The zero-order chi connectivity index (χ0) is 33.2. The molecule has 0 aliphatic heterocycles. The van der Waals surface area contributed by atoms with E-state index in [9.17, 15) is 0 Å². The molecule has 0 aromatic heterocycles. The van der Waals surface area contributed by atoms with Crippen LogP contribution in [0.3, 0.4) is 0 Å². The Balaban J connectivity index is 2.30. The Bertz CT molecular complexity index is 1370. The van der Waals surface area contributed by atoms with Gasteiger partial charge in [0.25, 0.3) is 0 Å². The molecule has 4 rings (SSSR count). The number of hydrogen-bond donors (Lipinski definition) is 0. The van der Waals surface area contributed by atoms with Gasteiger partial charge in [-0.25, -0.2) is 0 Å². The van der Waals surface area contributed by atoms with Crippen LogP contribution in [0.1, 0.15) is 178 Å². The van der Waals surface area contributed by atoms with E-state index in [0.29, 0.717) is 5.92 Å². The highest BCUT2D eigenvalue weighted by atomic mass is 15.2. The van der Waals surface area contributed by atoms with Gasteiger partial charge in [0.2, 0.25) is 0 Å². The van der Waals surface area contributed by atoms with E-state index >= 15 is 0 Å². The van der Waals surface area contributed by atoms with Gasteiger partial charge in [-0.1, -0.05) is 115 Å². The zero-order valence-corrected chi connectivity index (χ0v) is 32.0. The first-order chi connectivity index (χ1) is 20.2. The van der Waals surface area contributed by atoms with Gasteiger partial charge in [0.05, 0.1) is 5.69 Å². The second-order valence-electron chi connectivity index (χ2n) is 18.3. The van der Waals surface area contributed by atoms with Crippen molar-refractivity contribution in [2.24, 2.45) is 22.2 Å². The number of rotatable bonds is 8. The lowest BCUT2D eigenvalue weighted by Crippen LogP contribution is -2.42. The number of anilines is 1. The Morgan fingerprint density at radius 1 is 0.795 bits per heavy atom. The predicted molar refractivity (Wildman–Crippen MR) is 196 cm³/mol. The molecule has 0 heterocycles. The van der Waals surface area contributed by atoms with E-state index in [0.717, 1.165) is 19.3 Å². The largest absolute Gasteiger partial charge is 0.313 e. The monoisotopic (exact) mass is 600 g/mol. The van der Waals surface area contributed by atoms with Gasteiger partial charge in [-0.05, 0) is 138 Å². The average molecular weight is 600 g/mol. The molecule has 3 aliphatic rings. The summed E-state index contributed by atoms with van der Waals surface area (Å²) < 4.78 is 0. The van der Waals surface area contributed by atoms with E-state index in [1.165, 1.54) is 49.8 Å². The highest BCUT2D eigenvalue weighted by molar-refractivity contribution is 5.76. The standard InChI is InChI=1S/C43H69N/c1-17-28(4)36(31(18-2)39(7,8)19-3)44(37-29(5)20-22-32-34(37)42(13,14)26-24-40(32,9)10)38-30(6)21-23-33-35(38)43(15,16)27-25-41(33,11)12/h20,22,28H,17-19,21,23-27H2,1-16H3/t28-/m0/s1. The molecule has 1 atom stereocenters. The minimum atomic E-state index is 0.110. The number of fused-ring (bicyclic) bond motifs is 1. The van der Waals surface area contributed by atoms with Crippen molar-refractivity contribution in [3.05, 3.63) is 62.5 Å². The van der Waals surface area contributed by atoms with Gasteiger partial charge in [-0.2, -0.15) is 0 Å². The lowest BCUT2D eigenvalue weighted by Gasteiger charge is -2.52. The molecule has 1 heteroatoms. The molecule has 0 unspecified atom stereocenters. The SMILES string of the molecule is CCC(=C([C@@H](C)CC)N(C1=C(C)CCC2=C1C(C)(C)CCC2(C)C)c1c(C)ccc2c1C(C)(C)CCC2(C)C)C(C)(C)CC. The number of hydrogen-bond acceptors (Lipinski definition) is 1. The molecule has 0 fully saturated rings. The minimum Gasteiger partial charge on any atom is -0.313 e. The number of allylic oxidation sites excluding steroid dienone is 5. The number of nitrogens with zero attached hydrogens (tertiary/aromatic N) is 1. The third-order valence-corrected chi connectivity index (χ3v) is 12.9. The van der Waals surface area contributed by atoms with Crippen LogP contribution in [0.5, 0.6) is 0 Å². The zero-order valence-electron chi connectivity index (χ0n) is 32.0. The normalized spacial score (nSPS) is 23.5. The Hall–Kier alpha value is -1.76. The quantitative estimate of drug-likeness (QED) is 0.287. The first-order valence-electron chi connectivity index (χ1n) is 18.3. The lowest BCUT2D eigenvalue weighted by molar-refractivity contribution is 0.253. The van der Waals surface area contributed by atoms with Crippen LogP contribution in [-0.2, 0) is 10.8 Å². The van der Waals surface area contributed by atoms with Crippen molar-refractivity contribution in [2.45, 2.75) is 179 Å². The van der Waals surface area contributed by atoms with Gasteiger partial charge in [-0.3, -0.25) is 0 Å². The van der Waals surface area contributed by atoms with Crippen molar-refractivity contribution in [3.63, 3.8) is 0 Å². The molecule has 44 heavy (non-hydrogen) atoms. The minimum absolute atomic E-state index is 0.110. The molecule has 0 radical (unpaired) electrons. The van der Waals surface area contributed by atoms with Gasteiger partial charge in [0.15, 0.2) is 0 Å². The molecule has 0 saturated carbocycles. The van der Waals surface area contributed by atoms with Crippen LogP contribution in [0.15, 0.2) is 45.8 Å². The van der Waals surface area contributed by atoms with Gasteiger partial charge >= 0.3 is 0 Å². The molecule has 3 aliphatic carbocycles. The Morgan fingerprint density at radius 3 is 1.93 bits per heavy atom. The molecule has 0 amide bonds. The first kappa shape index (κ1) is 35.1. The Morgan fingerprint density at radius 2 is 1.36 bits per heavy atom. The fraction of sp³-hybridized carbons (Fsp3) is 0.721. The smallest absolute Gasteiger partial charge is 0.0528 e. The summed E-state index contributed by atoms with van der Waals surface area (Å²) in [5, 5.41) is 0. The summed E-state index contributed by atoms with van der Waals surface area (Å²) in [6.45, 7) is 39.9. The Labute approximate surface area is 274 Å². The summed E-state index contributed by atoms with van der Waals surface area (Å²) >= 11 is 0. The van der Waals surface area contributed by atoms with Gasteiger partial charge in [0, 0.05) is 11.4 Å². The fourth-order valence-electron chi connectivity index (χ4n) is 9.06. The van der Waals surface area contributed by atoms with Gasteiger partial charge in [0.1, 0.15) is 0 Å². The molecule has 1 aromatic rings. The first-order valence-corrected chi connectivity index (χ1v) is 18.3. The second-order valence-corrected chi connectivity index (χ2v) is 18.3. The van der Waals surface area contributed by atoms with Gasteiger partial charge < -0.3 is 4.90 Å². The van der Waals surface area contributed by atoms with Crippen LogP contribution < -0.4 is 4.90 Å². The molecule has 0 bridgehead atoms. The van der Waals surface area contributed by atoms with E-state index < -0.39 is 0 Å². The predicted octanol–water partition coefficient (Wildman–Crippen LogP) is 13.5. The maximum atomic E-state index is 2.95. The Kier molecular flexibility index (Phi) is 9.41. The third kappa shape index (κ3) is 5.81. The van der Waals surface area contributed by atoms with Crippen LogP contribution in [-0.4, -0.2) is 0 Å². The van der Waals surface area contributed by atoms with Crippen molar-refractivity contribution in [1.82, 2.24) is 0 Å². The topological polar surface area (TPSA) is 3.24 Å².